The maximum atomic E-state index is 11.2. The lowest BCUT2D eigenvalue weighted by atomic mass is 9.99. The Labute approximate surface area is 183 Å². The summed E-state index contributed by atoms with van der Waals surface area (Å²) >= 11 is 3.41. The Bertz CT molecular complexity index is 1090. The summed E-state index contributed by atoms with van der Waals surface area (Å²) in [6.45, 7) is 6.44. The summed E-state index contributed by atoms with van der Waals surface area (Å²) in [6, 6.07) is 11.5. The standard InChI is InChI=1S/C11H11NO.C10H8BrNO.CH5BO2/c1-7-5-10(8(2)13)6-9-3-4-12-11(7)9;1-6(13)8-4-7-2-3-12-10(7)9(11)5-8;1-2(3)4/h3-6,12H,1-2H3;2-5,12H,1H3;3-4H,1H3. The van der Waals surface area contributed by atoms with Crippen LogP contribution in [0.15, 0.2) is 53.3 Å². The average Bonchev–Trinajstić information content (AvgIpc) is 3.30. The smallest absolute Gasteiger partial charge is 0.427 e. The van der Waals surface area contributed by atoms with Crippen LogP contribution in [-0.4, -0.2) is 38.7 Å². The summed E-state index contributed by atoms with van der Waals surface area (Å²) in [5, 5.41) is 17.4. The second-order valence-corrected chi connectivity index (χ2v) is 7.73. The summed E-state index contributed by atoms with van der Waals surface area (Å²) in [6.07, 6.45) is 3.75. The van der Waals surface area contributed by atoms with E-state index in [1.54, 1.807) is 13.8 Å². The molecule has 2 aromatic carbocycles. The van der Waals surface area contributed by atoms with E-state index in [0.29, 0.717) is 0 Å². The number of Topliss-reactive ketones (excluding diaryl/α,β-unsaturated/α-hetero) is 2. The first-order chi connectivity index (χ1) is 14.1. The molecule has 0 saturated carbocycles. The monoisotopic (exact) mass is 470 g/mol. The van der Waals surface area contributed by atoms with Crippen LogP contribution < -0.4 is 0 Å². The Kier molecular flexibility index (Phi) is 8.17. The lowest BCUT2D eigenvalue weighted by Crippen LogP contribution is -2.00. The zero-order valence-corrected chi connectivity index (χ0v) is 18.9. The normalized spacial score (nSPS) is 10.1. The second kappa shape index (κ2) is 10.4. The molecule has 4 aromatic rings. The molecule has 0 spiro atoms. The van der Waals surface area contributed by atoms with Crippen LogP contribution in [0.25, 0.3) is 21.8 Å². The second-order valence-electron chi connectivity index (χ2n) is 6.88. The first-order valence-electron chi connectivity index (χ1n) is 9.32. The molecule has 8 heteroatoms. The van der Waals surface area contributed by atoms with E-state index in [-0.39, 0.29) is 11.6 Å². The fraction of sp³-hybridized carbons (Fsp3) is 0.182. The average molecular weight is 471 g/mol. The molecule has 2 heterocycles. The van der Waals surface area contributed by atoms with Gasteiger partial charge in [-0.2, -0.15) is 0 Å². The molecule has 0 amide bonds. The van der Waals surface area contributed by atoms with Gasteiger partial charge in [0.25, 0.3) is 0 Å². The minimum atomic E-state index is -1.17. The highest BCUT2D eigenvalue weighted by molar-refractivity contribution is 9.10. The van der Waals surface area contributed by atoms with Gasteiger partial charge in [-0.05, 0) is 85.5 Å². The Hall–Kier alpha value is -2.68. The van der Waals surface area contributed by atoms with Gasteiger partial charge in [-0.15, -0.1) is 0 Å². The van der Waals surface area contributed by atoms with Gasteiger partial charge < -0.3 is 20.0 Å². The number of aryl methyl sites for hydroxylation is 1. The number of ketones is 2. The SMILES string of the molecule is CB(O)O.CC(=O)c1cc(Br)c2[nH]ccc2c1.CC(=O)c1cc(C)c2[nH]ccc2c1. The summed E-state index contributed by atoms with van der Waals surface area (Å²) in [5.74, 6) is 0.204. The molecule has 0 fully saturated rings. The zero-order valence-electron chi connectivity index (χ0n) is 17.3. The van der Waals surface area contributed by atoms with E-state index in [0.717, 1.165) is 43.0 Å². The third-order valence-electron chi connectivity index (χ3n) is 4.28. The molecule has 6 nitrogen and oxygen atoms in total. The minimum absolute atomic E-state index is 0.0869. The molecule has 0 aliphatic rings. The van der Waals surface area contributed by atoms with Crippen molar-refractivity contribution in [3.8, 4) is 0 Å². The summed E-state index contributed by atoms with van der Waals surface area (Å²) in [4.78, 5) is 28.5. The topological polar surface area (TPSA) is 106 Å². The number of aromatic nitrogens is 2. The largest absolute Gasteiger partial charge is 0.448 e. The molecule has 0 radical (unpaired) electrons. The van der Waals surface area contributed by atoms with Crippen molar-refractivity contribution in [3.05, 3.63) is 70.0 Å². The fourth-order valence-corrected chi connectivity index (χ4v) is 3.48. The number of hydrogen-bond donors (Lipinski definition) is 4. The van der Waals surface area contributed by atoms with Crippen molar-refractivity contribution in [2.45, 2.75) is 27.6 Å². The Morgan fingerprint density at radius 3 is 1.80 bits per heavy atom. The van der Waals surface area contributed by atoms with E-state index in [1.807, 2.05) is 55.7 Å². The van der Waals surface area contributed by atoms with Crippen molar-refractivity contribution in [2.75, 3.05) is 0 Å². The van der Waals surface area contributed by atoms with Gasteiger partial charge in [0.2, 0.25) is 0 Å². The number of carbonyl (C=O) groups is 2. The highest BCUT2D eigenvalue weighted by Crippen LogP contribution is 2.24. The summed E-state index contributed by atoms with van der Waals surface area (Å²) in [7, 11) is -1.17. The van der Waals surface area contributed by atoms with Crippen molar-refractivity contribution >= 4 is 56.4 Å². The fourth-order valence-electron chi connectivity index (χ4n) is 2.89. The van der Waals surface area contributed by atoms with Crippen LogP contribution in [-0.2, 0) is 0 Å². The molecule has 0 aliphatic heterocycles. The summed E-state index contributed by atoms with van der Waals surface area (Å²) < 4.78 is 0.931. The number of H-pyrrole nitrogens is 2. The molecule has 156 valence electrons. The van der Waals surface area contributed by atoms with Crippen LogP contribution in [0.2, 0.25) is 6.82 Å². The lowest BCUT2D eigenvalue weighted by Gasteiger charge is -2.00. The van der Waals surface area contributed by atoms with Crippen LogP contribution >= 0.6 is 15.9 Å². The van der Waals surface area contributed by atoms with E-state index >= 15 is 0 Å². The highest BCUT2D eigenvalue weighted by atomic mass is 79.9. The Morgan fingerprint density at radius 1 is 0.867 bits per heavy atom. The van der Waals surface area contributed by atoms with E-state index in [1.165, 1.54) is 6.82 Å². The van der Waals surface area contributed by atoms with Gasteiger partial charge in [0.15, 0.2) is 11.6 Å². The van der Waals surface area contributed by atoms with Gasteiger partial charge in [0.1, 0.15) is 0 Å². The number of fused-ring (bicyclic) bond motifs is 2. The van der Waals surface area contributed by atoms with E-state index < -0.39 is 7.12 Å². The molecular formula is C22H24BBrN2O4. The third kappa shape index (κ3) is 6.16. The van der Waals surface area contributed by atoms with E-state index in [4.69, 9.17) is 10.0 Å². The number of benzene rings is 2. The zero-order chi connectivity index (χ0) is 22.4. The molecular weight excluding hydrogens is 447 g/mol. The Morgan fingerprint density at radius 2 is 1.30 bits per heavy atom. The third-order valence-corrected chi connectivity index (χ3v) is 4.91. The Balaban J connectivity index is 0.000000182. The maximum Gasteiger partial charge on any atom is 0.448 e. The molecule has 0 aliphatic carbocycles. The van der Waals surface area contributed by atoms with Crippen LogP contribution in [0.5, 0.6) is 0 Å². The van der Waals surface area contributed by atoms with Crippen LogP contribution in [0.3, 0.4) is 0 Å². The van der Waals surface area contributed by atoms with Crippen molar-refractivity contribution in [1.29, 1.82) is 0 Å². The molecule has 30 heavy (non-hydrogen) atoms. The van der Waals surface area contributed by atoms with Crippen LogP contribution in [0.1, 0.15) is 40.1 Å². The highest BCUT2D eigenvalue weighted by Gasteiger charge is 2.06. The summed E-state index contributed by atoms with van der Waals surface area (Å²) in [5.41, 5.74) is 4.78. The maximum absolute atomic E-state index is 11.2. The van der Waals surface area contributed by atoms with Gasteiger partial charge in [-0.3, -0.25) is 9.59 Å². The van der Waals surface area contributed by atoms with Crippen LogP contribution in [0.4, 0.5) is 0 Å². The molecule has 0 bridgehead atoms. The van der Waals surface area contributed by atoms with Crippen molar-refractivity contribution in [2.24, 2.45) is 0 Å². The van der Waals surface area contributed by atoms with Gasteiger partial charge in [-0.1, -0.05) is 0 Å². The number of aromatic amines is 2. The van der Waals surface area contributed by atoms with Crippen LogP contribution in [0, 0.1) is 6.92 Å². The first-order valence-corrected chi connectivity index (χ1v) is 10.1. The molecule has 4 N–H and O–H groups in total. The minimum Gasteiger partial charge on any atom is -0.427 e. The van der Waals surface area contributed by atoms with Gasteiger partial charge in [0.05, 0.1) is 5.52 Å². The first kappa shape index (κ1) is 23.6. The number of rotatable bonds is 2. The van der Waals surface area contributed by atoms with Gasteiger partial charge in [0, 0.05) is 44.3 Å². The molecule has 0 atom stereocenters. The van der Waals surface area contributed by atoms with Gasteiger partial charge >= 0.3 is 7.12 Å². The predicted octanol–water partition coefficient (Wildman–Crippen LogP) is 4.90. The number of nitrogens with one attached hydrogen (secondary N) is 2. The van der Waals surface area contributed by atoms with Gasteiger partial charge in [-0.25, -0.2) is 0 Å². The van der Waals surface area contributed by atoms with E-state index in [9.17, 15) is 9.59 Å². The van der Waals surface area contributed by atoms with Crippen molar-refractivity contribution < 1.29 is 19.6 Å². The number of carbonyl (C=O) groups excluding carboxylic acids is 2. The lowest BCUT2D eigenvalue weighted by molar-refractivity contribution is 0.100. The predicted molar refractivity (Wildman–Crippen MR) is 125 cm³/mol. The number of halogens is 1. The molecule has 2 aromatic heterocycles. The molecule has 4 rings (SSSR count). The van der Waals surface area contributed by atoms with Crippen molar-refractivity contribution in [3.63, 3.8) is 0 Å². The quantitative estimate of drug-likeness (QED) is 0.247. The number of hydrogen-bond acceptors (Lipinski definition) is 4. The molecule has 0 unspecified atom stereocenters. The van der Waals surface area contributed by atoms with E-state index in [2.05, 4.69) is 25.9 Å². The van der Waals surface area contributed by atoms with Crippen molar-refractivity contribution in [1.82, 2.24) is 9.97 Å². The molecule has 0 saturated heterocycles.